The molecule has 2 rings (SSSR count). The zero-order valence-electron chi connectivity index (χ0n) is 16.1. The minimum Gasteiger partial charge on any atom is -0.507 e. The molecule has 0 aliphatic rings. The molecule has 140 valence electrons. The van der Waals surface area contributed by atoms with Gasteiger partial charge in [-0.15, -0.1) is 0 Å². The minimum atomic E-state index is -0.511. The van der Waals surface area contributed by atoms with Crippen molar-refractivity contribution in [1.29, 1.82) is 0 Å². The SMILES string of the molecule is CC(C)(C)c1cc(C(=O)Oc2ccc(Cl)c(N)c2)cc(C(C)(C)C)c1O. The lowest BCUT2D eigenvalue weighted by Crippen LogP contribution is -2.20. The summed E-state index contributed by atoms with van der Waals surface area (Å²) in [5.74, 6) is 0.0274. The molecule has 0 aromatic heterocycles. The number of benzene rings is 2. The Kier molecular flexibility index (Phi) is 5.29. The molecule has 2 aromatic rings. The monoisotopic (exact) mass is 375 g/mol. The molecule has 0 saturated carbocycles. The molecule has 0 aliphatic heterocycles. The van der Waals surface area contributed by atoms with Crippen LogP contribution in [0, 0.1) is 0 Å². The maximum Gasteiger partial charge on any atom is 0.343 e. The van der Waals surface area contributed by atoms with Gasteiger partial charge in [-0.1, -0.05) is 53.1 Å². The number of carbonyl (C=O) groups is 1. The van der Waals surface area contributed by atoms with Crippen molar-refractivity contribution in [2.24, 2.45) is 0 Å². The van der Waals surface area contributed by atoms with E-state index >= 15 is 0 Å². The normalized spacial score (nSPS) is 12.1. The lowest BCUT2D eigenvalue weighted by molar-refractivity contribution is 0.0734. The van der Waals surface area contributed by atoms with Crippen molar-refractivity contribution in [3.8, 4) is 11.5 Å². The summed E-state index contributed by atoms with van der Waals surface area (Å²) < 4.78 is 5.45. The molecule has 0 unspecified atom stereocenters. The molecule has 0 saturated heterocycles. The van der Waals surface area contributed by atoms with E-state index in [0.29, 0.717) is 33.1 Å². The van der Waals surface area contributed by atoms with Gasteiger partial charge in [0.1, 0.15) is 11.5 Å². The van der Waals surface area contributed by atoms with Crippen LogP contribution >= 0.6 is 11.6 Å². The quantitative estimate of drug-likeness (QED) is 0.416. The number of nitrogens with two attached hydrogens (primary N) is 1. The van der Waals surface area contributed by atoms with Crippen molar-refractivity contribution in [1.82, 2.24) is 0 Å². The Labute approximate surface area is 159 Å². The highest BCUT2D eigenvalue weighted by molar-refractivity contribution is 6.33. The number of halogens is 1. The van der Waals surface area contributed by atoms with Crippen LogP contribution in [0.2, 0.25) is 5.02 Å². The summed E-state index contributed by atoms with van der Waals surface area (Å²) in [5, 5.41) is 11.1. The number of phenols is 1. The van der Waals surface area contributed by atoms with Crippen LogP contribution in [-0.2, 0) is 10.8 Å². The van der Waals surface area contributed by atoms with E-state index in [1.54, 1.807) is 24.3 Å². The Morgan fingerprint density at radius 3 is 1.92 bits per heavy atom. The van der Waals surface area contributed by atoms with Gasteiger partial charge in [-0.25, -0.2) is 4.79 Å². The van der Waals surface area contributed by atoms with Crippen LogP contribution in [0.25, 0.3) is 0 Å². The summed E-state index contributed by atoms with van der Waals surface area (Å²) in [6, 6.07) is 8.05. The number of hydrogen-bond donors (Lipinski definition) is 2. The average Bonchev–Trinajstić information content (AvgIpc) is 2.48. The summed E-state index contributed by atoms with van der Waals surface area (Å²) in [6.45, 7) is 11.9. The van der Waals surface area contributed by atoms with Gasteiger partial charge in [0.05, 0.1) is 16.3 Å². The molecule has 5 heteroatoms. The van der Waals surface area contributed by atoms with Crippen LogP contribution in [0.15, 0.2) is 30.3 Å². The van der Waals surface area contributed by atoms with Gasteiger partial charge in [-0.05, 0) is 35.1 Å². The van der Waals surface area contributed by atoms with Gasteiger partial charge in [0.25, 0.3) is 0 Å². The van der Waals surface area contributed by atoms with Crippen molar-refractivity contribution in [2.45, 2.75) is 52.4 Å². The fourth-order valence-electron chi connectivity index (χ4n) is 2.65. The third kappa shape index (κ3) is 4.31. The van der Waals surface area contributed by atoms with Gasteiger partial charge >= 0.3 is 5.97 Å². The van der Waals surface area contributed by atoms with E-state index in [1.165, 1.54) is 6.07 Å². The first kappa shape index (κ1) is 20.1. The topological polar surface area (TPSA) is 72.5 Å². The Hall–Kier alpha value is -2.20. The highest BCUT2D eigenvalue weighted by Crippen LogP contribution is 2.40. The summed E-state index contributed by atoms with van der Waals surface area (Å²) in [6.07, 6.45) is 0. The third-order valence-corrected chi connectivity index (χ3v) is 4.48. The molecule has 4 nitrogen and oxygen atoms in total. The van der Waals surface area contributed by atoms with E-state index in [-0.39, 0.29) is 16.6 Å². The van der Waals surface area contributed by atoms with Crippen LogP contribution in [-0.4, -0.2) is 11.1 Å². The van der Waals surface area contributed by atoms with Gasteiger partial charge in [-0.2, -0.15) is 0 Å². The molecule has 0 aliphatic carbocycles. The first-order valence-corrected chi connectivity index (χ1v) is 8.83. The second kappa shape index (κ2) is 6.84. The van der Waals surface area contributed by atoms with Crippen molar-refractivity contribution in [3.05, 3.63) is 52.0 Å². The number of aromatic hydroxyl groups is 1. The van der Waals surface area contributed by atoms with E-state index in [1.807, 2.05) is 41.5 Å². The fraction of sp³-hybridized carbons (Fsp3) is 0.381. The molecule has 0 fully saturated rings. The predicted octanol–water partition coefficient (Wildman–Crippen LogP) is 5.44. The Morgan fingerprint density at radius 1 is 1.00 bits per heavy atom. The zero-order chi connectivity index (χ0) is 19.9. The number of hydrogen-bond acceptors (Lipinski definition) is 4. The lowest BCUT2D eigenvalue weighted by atomic mass is 9.78. The lowest BCUT2D eigenvalue weighted by Gasteiger charge is -2.27. The average molecular weight is 376 g/mol. The molecule has 0 radical (unpaired) electrons. The third-order valence-electron chi connectivity index (χ3n) is 4.14. The summed E-state index contributed by atoms with van der Waals surface area (Å²) in [5.41, 5.74) is 7.23. The number of nitrogen functional groups attached to an aromatic ring is 1. The van der Waals surface area contributed by atoms with Gasteiger partial charge in [0.2, 0.25) is 0 Å². The smallest absolute Gasteiger partial charge is 0.343 e. The minimum absolute atomic E-state index is 0.220. The molecule has 0 bridgehead atoms. The summed E-state index contributed by atoms with van der Waals surface area (Å²) in [7, 11) is 0. The summed E-state index contributed by atoms with van der Waals surface area (Å²) in [4.78, 5) is 12.7. The van der Waals surface area contributed by atoms with E-state index in [2.05, 4.69) is 0 Å². The maximum absolute atomic E-state index is 12.7. The van der Waals surface area contributed by atoms with Crippen molar-refractivity contribution in [3.63, 3.8) is 0 Å². The molecule has 2 aromatic carbocycles. The number of rotatable bonds is 2. The Morgan fingerprint density at radius 2 is 1.50 bits per heavy atom. The number of phenolic OH excluding ortho intramolecular Hbond substituents is 1. The van der Waals surface area contributed by atoms with Crippen molar-refractivity contribution in [2.75, 3.05) is 5.73 Å². The van der Waals surface area contributed by atoms with Crippen molar-refractivity contribution >= 4 is 23.3 Å². The highest BCUT2D eigenvalue weighted by atomic mass is 35.5. The zero-order valence-corrected chi connectivity index (χ0v) is 16.9. The highest BCUT2D eigenvalue weighted by Gasteiger charge is 2.28. The molecule has 0 spiro atoms. The number of ether oxygens (including phenoxy) is 1. The Balaban J connectivity index is 2.50. The molecular weight excluding hydrogens is 350 g/mol. The molecule has 3 N–H and O–H groups in total. The molecule has 0 amide bonds. The fourth-order valence-corrected chi connectivity index (χ4v) is 2.76. The predicted molar refractivity (Wildman–Crippen MR) is 106 cm³/mol. The molecular formula is C21H26ClNO3. The molecule has 0 atom stereocenters. The standard InChI is InChI=1S/C21H26ClNO3/c1-20(2,3)14-9-12(10-15(18(14)24)21(4,5)6)19(25)26-13-7-8-16(22)17(23)11-13/h7-11,24H,23H2,1-6H3. The number of anilines is 1. The van der Waals surface area contributed by atoms with Gasteiger partial charge in [-0.3, -0.25) is 0 Å². The van der Waals surface area contributed by atoms with Crippen LogP contribution in [0.4, 0.5) is 5.69 Å². The van der Waals surface area contributed by atoms with Crippen LogP contribution in [0.5, 0.6) is 11.5 Å². The van der Waals surface area contributed by atoms with E-state index in [9.17, 15) is 9.90 Å². The van der Waals surface area contributed by atoms with Gasteiger partial charge in [0.15, 0.2) is 0 Å². The van der Waals surface area contributed by atoms with Gasteiger partial charge < -0.3 is 15.6 Å². The van der Waals surface area contributed by atoms with E-state index in [0.717, 1.165) is 0 Å². The van der Waals surface area contributed by atoms with E-state index in [4.69, 9.17) is 22.1 Å². The molecule has 26 heavy (non-hydrogen) atoms. The van der Waals surface area contributed by atoms with E-state index < -0.39 is 5.97 Å². The number of esters is 1. The molecule has 0 heterocycles. The maximum atomic E-state index is 12.7. The van der Waals surface area contributed by atoms with Crippen molar-refractivity contribution < 1.29 is 14.6 Å². The largest absolute Gasteiger partial charge is 0.507 e. The van der Waals surface area contributed by atoms with Crippen LogP contribution in [0.1, 0.15) is 63.0 Å². The second-order valence-corrected chi connectivity index (χ2v) is 8.90. The van der Waals surface area contributed by atoms with Crippen LogP contribution < -0.4 is 10.5 Å². The Bertz CT molecular complexity index is 810. The first-order valence-electron chi connectivity index (χ1n) is 8.46. The number of carbonyl (C=O) groups excluding carboxylic acids is 1. The summed E-state index contributed by atoms with van der Waals surface area (Å²) >= 11 is 5.90. The second-order valence-electron chi connectivity index (χ2n) is 8.49. The van der Waals surface area contributed by atoms with Gasteiger partial charge in [0, 0.05) is 17.2 Å². The van der Waals surface area contributed by atoms with Crippen LogP contribution in [0.3, 0.4) is 0 Å². The first-order chi connectivity index (χ1) is 11.8.